The molecule has 0 nitrogen and oxygen atoms in total. The normalized spacial score (nSPS) is 12.0. The number of thiophene rings is 2. The molecule has 0 saturated carbocycles. The molecule has 0 radical (unpaired) electrons. The molecule has 2 heteroatoms. The average molecular weight is 669 g/mol. The topological polar surface area (TPSA) is 0 Å². The van der Waals surface area contributed by atoms with Crippen molar-refractivity contribution in [1.82, 2.24) is 0 Å². The van der Waals surface area contributed by atoms with E-state index >= 15 is 0 Å². The fraction of sp³-hybridized carbons (Fsp3) is 0. The lowest BCUT2D eigenvalue weighted by Gasteiger charge is -2.18. The van der Waals surface area contributed by atoms with Gasteiger partial charge in [-0.25, -0.2) is 0 Å². The maximum Gasteiger partial charge on any atom is 0.0434 e. The molecule has 0 aliphatic carbocycles. The van der Waals surface area contributed by atoms with Gasteiger partial charge in [0.15, 0.2) is 0 Å². The summed E-state index contributed by atoms with van der Waals surface area (Å²) in [6.45, 7) is 0. The van der Waals surface area contributed by atoms with Crippen LogP contribution in [0.4, 0.5) is 0 Å². The summed E-state index contributed by atoms with van der Waals surface area (Å²) >= 11 is 3.83. The van der Waals surface area contributed by atoms with Crippen molar-refractivity contribution in [2.45, 2.75) is 0 Å². The molecule has 232 valence electrons. The van der Waals surface area contributed by atoms with Gasteiger partial charge < -0.3 is 0 Å². The Morgan fingerprint density at radius 2 is 0.780 bits per heavy atom. The van der Waals surface area contributed by atoms with Crippen LogP contribution in [-0.2, 0) is 0 Å². The van der Waals surface area contributed by atoms with E-state index in [4.69, 9.17) is 0 Å². The number of rotatable bonds is 3. The predicted octanol–water partition coefficient (Wildman–Crippen LogP) is 14.9. The summed E-state index contributed by atoms with van der Waals surface area (Å²) in [4.78, 5) is 0. The number of hydrogen-bond donors (Lipinski definition) is 0. The van der Waals surface area contributed by atoms with Crippen molar-refractivity contribution in [3.05, 3.63) is 170 Å². The standard InChI is InChI=1S/C48H28S2/c1-2-11-31(12-3-1)44-35-14-6-8-16-37(35)45(38-17-9-7-15-36(38)44)32-20-18-29(19-21-32)33-23-25-41-40(28-33)47-42(49-41)26-27-43-46(47)39-24-22-30-10-4-5-13-34(30)48(39)50-43/h1-28H. The van der Waals surface area contributed by atoms with E-state index in [-0.39, 0.29) is 0 Å². The molecule has 0 amide bonds. The van der Waals surface area contributed by atoms with Crippen LogP contribution < -0.4 is 0 Å². The van der Waals surface area contributed by atoms with Gasteiger partial charge in [-0.3, -0.25) is 0 Å². The summed E-state index contributed by atoms with van der Waals surface area (Å²) in [7, 11) is 0. The third-order valence-corrected chi connectivity index (χ3v) is 12.8. The molecule has 0 unspecified atom stereocenters. The van der Waals surface area contributed by atoms with Gasteiger partial charge >= 0.3 is 0 Å². The maximum absolute atomic E-state index is 2.42. The summed E-state index contributed by atoms with van der Waals surface area (Å²) in [5, 5.41) is 13.3. The van der Waals surface area contributed by atoms with Gasteiger partial charge in [0.05, 0.1) is 0 Å². The molecule has 0 atom stereocenters. The summed E-state index contributed by atoms with van der Waals surface area (Å²) in [6, 6.07) is 62.9. The lowest BCUT2D eigenvalue weighted by Crippen LogP contribution is -1.90. The van der Waals surface area contributed by atoms with Crippen molar-refractivity contribution in [2.24, 2.45) is 0 Å². The Hall–Kier alpha value is -5.80. The molecule has 0 fully saturated rings. The predicted molar refractivity (Wildman–Crippen MR) is 221 cm³/mol. The highest BCUT2D eigenvalue weighted by Crippen LogP contribution is 2.47. The summed E-state index contributed by atoms with van der Waals surface area (Å²) in [5.41, 5.74) is 7.56. The van der Waals surface area contributed by atoms with Gasteiger partial charge in [-0.15, -0.1) is 22.7 Å². The number of fused-ring (bicyclic) bond motifs is 11. The van der Waals surface area contributed by atoms with Gasteiger partial charge in [0.2, 0.25) is 0 Å². The Kier molecular flexibility index (Phi) is 6.09. The smallest absolute Gasteiger partial charge is 0.0434 e. The molecule has 0 saturated heterocycles. The molecule has 0 spiro atoms. The first kappa shape index (κ1) is 28.1. The maximum atomic E-state index is 2.42. The Morgan fingerprint density at radius 3 is 1.46 bits per heavy atom. The van der Waals surface area contributed by atoms with Crippen LogP contribution in [-0.4, -0.2) is 0 Å². The minimum absolute atomic E-state index is 1.23. The van der Waals surface area contributed by atoms with Crippen LogP contribution in [0.25, 0.3) is 106 Å². The molecule has 0 aliphatic heterocycles. The Bertz CT molecular complexity index is 3070. The van der Waals surface area contributed by atoms with Crippen LogP contribution in [0.2, 0.25) is 0 Å². The highest BCUT2D eigenvalue weighted by molar-refractivity contribution is 7.28. The van der Waals surface area contributed by atoms with E-state index < -0.39 is 0 Å². The van der Waals surface area contributed by atoms with Crippen LogP contribution in [0.5, 0.6) is 0 Å². The van der Waals surface area contributed by atoms with Gasteiger partial charge in [-0.1, -0.05) is 146 Å². The van der Waals surface area contributed by atoms with Gasteiger partial charge in [0.25, 0.3) is 0 Å². The van der Waals surface area contributed by atoms with Crippen LogP contribution in [0.3, 0.4) is 0 Å². The monoisotopic (exact) mass is 668 g/mol. The molecule has 9 aromatic carbocycles. The van der Waals surface area contributed by atoms with E-state index in [1.807, 2.05) is 22.7 Å². The molecule has 50 heavy (non-hydrogen) atoms. The molecule has 0 aliphatic rings. The summed E-state index contributed by atoms with van der Waals surface area (Å²) < 4.78 is 5.43. The minimum Gasteiger partial charge on any atom is -0.135 e. The molecule has 11 aromatic rings. The third kappa shape index (κ3) is 4.10. The fourth-order valence-corrected chi connectivity index (χ4v) is 10.6. The van der Waals surface area contributed by atoms with Crippen molar-refractivity contribution in [3.63, 3.8) is 0 Å². The van der Waals surface area contributed by atoms with E-state index in [1.54, 1.807) is 0 Å². The highest BCUT2D eigenvalue weighted by atomic mass is 32.1. The second kappa shape index (κ2) is 10.9. The van der Waals surface area contributed by atoms with Gasteiger partial charge in [-0.05, 0) is 90.0 Å². The van der Waals surface area contributed by atoms with Crippen molar-refractivity contribution in [3.8, 4) is 33.4 Å². The van der Waals surface area contributed by atoms with Crippen LogP contribution in [0, 0.1) is 0 Å². The summed E-state index contributed by atoms with van der Waals surface area (Å²) in [6.07, 6.45) is 0. The van der Waals surface area contributed by atoms with E-state index in [0.29, 0.717) is 0 Å². The Morgan fingerprint density at radius 1 is 0.280 bits per heavy atom. The first-order chi connectivity index (χ1) is 24.8. The SMILES string of the molecule is c1ccc(-c2c3ccccc3c(-c3ccc(-c4ccc5sc6ccc7sc8c9ccccc9ccc8c7c6c5c4)cc3)c3ccccc23)cc1. The second-order valence-corrected chi connectivity index (χ2v) is 15.3. The highest BCUT2D eigenvalue weighted by Gasteiger charge is 2.18. The zero-order chi connectivity index (χ0) is 32.8. The van der Waals surface area contributed by atoms with Crippen molar-refractivity contribution < 1.29 is 0 Å². The fourth-order valence-electron chi connectivity index (χ4n) is 8.23. The van der Waals surface area contributed by atoms with Crippen molar-refractivity contribution in [2.75, 3.05) is 0 Å². The summed E-state index contributed by atoms with van der Waals surface area (Å²) in [5.74, 6) is 0. The molecular formula is C48H28S2. The molecule has 2 aromatic heterocycles. The number of benzene rings is 9. The molecule has 0 bridgehead atoms. The molecule has 11 rings (SSSR count). The third-order valence-electron chi connectivity index (χ3n) is 10.5. The van der Waals surface area contributed by atoms with Gasteiger partial charge in [0.1, 0.15) is 0 Å². The van der Waals surface area contributed by atoms with Crippen molar-refractivity contribution >= 4 is 95.3 Å². The first-order valence-electron chi connectivity index (χ1n) is 17.1. The van der Waals surface area contributed by atoms with E-state index in [9.17, 15) is 0 Å². The van der Waals surface area contributed by atoms with E-state index in [1.165, 1.54) is 106 Å². The van der Waals surface area contributed by atoms with Gasteiger partial charge in [-0.2, -0.15) is 0 Å². The van der Waals surface area contributed by atoms with Crippen LogP contribution in [0.1, 0.15) is 0 Å². The molecular weight excluding hydrogens is 641 g/mol. The first-order valence-corrected chi connectivity index (χ1v) is 18.7. The van der Waals surface area contributed by atoms with Crippen molar-refractivity contribution in [1.29, 1.82) is 0 Å². The molecule has 0 N–H and O–H groups in total. The Labute approximate surface area is 297 Å². The average Bonchev–Trinajstić information content (AvgIpc) is 3.75. The van der Waals surface area contributed by atoms with E-state index in [2.05, 4.69) is 170 Å². The zero-order valence-electron chi connectivity index (χ0n) is 27.0. The largest absolute Gasteiger partial charge is 0.135 e. The van der Waals surface area contributed by atoms with Crippen LogP contribution in [0.15, 0.2) is 170 Å². The lowest BCUT2D eigenvalue weighted by atomic mass is 9.86. The van der Waals surface area contributed by atoms with Gasteiger partial charge in [0, 0.05) is 40.3 Å². The van der Waals surface area contributed by atoms with Crippen LogP contribution >= 0.6 is 22.7 Å². The molecule has 2 heterocycles. The Balaban J connectivity index is 1.08. The zero-order valence-corrected chi connectivity index (χ0v) is 28.6. The number of hydrogen-bond acceptors (Lipinski definition) is 2. The lowest BCUT2D eigenvalue weighted by molar-refractivity contribution is 1.63. The van der Waals surface area contributed by atoms with E-state index in [0.717, 1.165) is 0 Å². The second-order valence-electron chi connectivity index (χ2n) is 13.2. The minimum atomic E-state index is 1.23. The quantitative estimate of drug-likeness (QED) is 0.164.